The van der Waals surface area contributed by atoms with E-state index < -0.39 is 28.5 Å². The number of hydrogen-bond donors (Lipinski definition) is 3. The molecule has 1 aromatic rings. The first-order chi connectivity index (χ1) is 17.0. The summed E-state index contributed by atoms with van der Waals surface area (Å²) >= 11 is 0. The van der Waals surface area contributed by atoms with E-state index in [1.165, 1.54) is 19.9 Å². The van der Waals surface area contributed by atoms with E-state index in [0.717, 1.165) is 12.8 Å². The van der Waals surface area contributed by atoms with E-state index in [1.807, 2.05) is 4.90 Å². The molecule has 9 heteroatoms. The molecule has 5 rings (SSSR count). The summed E-state index contributed by atoms with van der Waals surface area (Å²) in [6.45, 7) is 7.19. The van der Waals surface area contributed by atoms with Gasteiger partial charge in [0.25, 0.3) is 0 Å². The summed E-state index contributed by atoms with van der Waals surface area (Å²) < 4.78 is 5.80. The third-order valence-electron chi connectivity index (χ3n) is 7.91. The lowest BCUT2D eigenvalue weighted by Gasteiger charge is -2.34. The number of nitrogens with one attached hydrogen (secondary N) is 1. The smallest absolute Gasteiger partial charge is 0.225 e. The van der Waals surface area contributed by atoms with Gasteiger partial charge in [-0.15, -0.1) is 0 Å². The van der Waals surface area contributed by atoms with Gasteiger partial charge in [-0.3, -0.25) is 19.2 Å². The Morgan fingerprint density at radius 1 is 1.08 bits per heavy atom. The molecule has 2 heterocycles. The molecule has 2 aliphatic carbocycles. The summed E-state index contributed by atoms with van der Waals surface area (Å²) in [5.41, 5.74) is -1.15. The van der Waals surface area contributed by atoms with E-state index in [2.05, 4.69) is 5.32 Å². The Hall–Kier alpha value is -3.62. The normalized spacial score (nSPS) is 25.1. The van der Waals surface area contributed by atoms with Crippen molar-refractivity contribution < 1.29 is 34.1 Å². The Bertz CT molecular complexity index is 1300. The number of amides is 1. The maximum atomic E-state index is 13.9. The largest absolute Gasteiger partial charge is 0.507 e. The number of rotatable bonds is 4. The van der Waals surface area contributed by atoms with Gasteiger partial charge in [0, 0.05) is 42.4 Å². The van der Waals surface area contributed by atoms with E-state index >= 15 is 0 Å². The second kappa shape index (κ2) is 8.21. The molecule has 2 aliphatic heterocycles. The molecule has 0 spiro atoms. The molecule has 36 heavy (non-hydrogen) atoms. The van der Waals surface area contributed by atoms with Gasteiger partial charge in [-0.25, -0.2) is 0 Å². The minimum absolute atomic E-state index is 0.00330. The van der Waals surface area contributed by atoms with Gasteiger partial charge in [-0.1, -0.05) is 0 Å². The second-order valence-electron chi connectivity index (χ2n) is 10.4. The number of aromatic hydroxyl groups is 2. The van der Waals surface area contributed by atoms with Gasteiger partial charge in [0.1, 0.15) is 34.0 Å². The highest BCUT2D eigenvalue weighted by atomic mass is 16.5. The molecule has 190 valence electrons. The van der Waals surface area contributed by atoms with Crippen LogP contribution in [0.5, 0.6) is 17.2 Å². The van der Waals surface area contributed by atoms with Crippen LogP contribution >= 0.6 is 0 Å². The number of fused-ring (bicyclic) bond motifs is 3. The number of carbonyl (C=O) groups is 4. The standard InChI is InChI=1S/C27H30N2O7/c1-12-22(32)20(14(3)30)24-21(23(12)33)27(4)18(36-24)11-17(31)19(25(27)34)13(2)28-16-7-9-29(10-8-16)26(35)15-5-6-15/h11,15-16,28,32-33H,5-10H2,1-4H3/b19-13+/t27-/m1/s1. The monoisotopic (exact) mass is 494 g/mol. The van der Waals surface area contributed by atoms with Gasteiger partial charge in [0.05, 0.1) is 11.1 Å². The molecule has 1 atom stereocenters. The highest BCUT2D eigenvalue weighted by molar-refractivity contribution is 6.31. The first kappa shape index (κ1) is 24.1. The number of allylic oxidation sites excluding steroid dienone is 4. The third kappa shape index (κ3) is 3.43. The SMILES string of the molecule is CC(=O)c1c(O)c(C)c(O)c2c1OC1=CC(=O)/C(=C(/C)NC3CCN(C(=O)C4CC4)CC3)C(=O)[C@]12C. The summed E-state index contributed by atoms with van der Waals surface area (Å²) in [6.07, 6.45) is 4.56. The van der Waals surface area contributed by atoms with Crippen molar-refractivity contribution in [1.82, 2.24) is 10.2 Å². The van der Waals surface area contributed by atoms with Crippen molar-refractivity contribution in [3.63, 3.8) is 0 Å². The molecule has 2 fully saturated rings. The zero-order valence-corrected chi connectivity index (χ0v) is 20.9. The summed E-state index contributed by atoms with van der Waals surface area (Å²) in [5, 5.41) is 24.7. The summed E-state index contributed by atoms with van der Waals surface area (Å²) in [4.78, 5) is 53.5. The topological polar surface area (TPSA) is 133 Å². The molecule has 9 nitrogen and oxygen atoms in total. The molecule has 1 saturated carbocycles. The maximum Gasteiger partial charge on any atom is 0.225 e. The van der Waals surface area contributed by atoms with Crippen LogP contribution in [0.15, 0.2) is 23.1 Å². The number of carbonyl (C=O) groups excluding carboxylic acids is 4. The highest BCUT2D eigenvalue weighted by Crippen LogP contribution is 2.57. The van der Waals surface area contributed by atoms with Crippen LogP contribution in [0, 0.1) is 12.8 Å². The number of nitrogens with zero attached hydrogens (tertiary/aromatic N) is 1. The lowest BCUT2D eigenvalue weighted by molar-refractivity contribution is -0.133. The van der Waals surface area contributed by atoms with Crippen molar-refractivity contribution >= 4 is 23.3 Å². The molecule has 3 N–H and O–H groups in total. The molecule has 0 aromatic heterocycles. The fraction of sp³-hybridized carbons (Fsp3) is 0.481. The van der Waals surface area contributed by atoms with E-state index in [4.69, 9.17) is 4.74 Å². The molecule has 4 aliphatic rings. The predicted molar refractivity (Wildman–Crippen MR) is 129 cm³/mol. The summed E-state index contributed by atoms with van der Waals surface area (Å²) in [6, 6.07) is 0.00330. The molecule has 0 radical (unpaired) electrons. The summed E-state index contributed by atoms with van der Waals surface area (Å²) in [7, 11) is 0. The fourth-order valence-electron chi connectivity index (χ4n) is 5.57. The minimum Gasteiger partial charge on any atom is -0.507 e. The number of phenols is 2. The van der Waals surface area contributed by atoms with Crippen LogP contribution in [-0.2, 0) is 19.8 Å². The Morgan fingerprint density at radius 3 is 2.31 bits per heavy atom. The van der Waals surface area contributed by atoms with Crippen LogP contribution in [0.1, 0.15) is 67.9 Å². The number of ketones is 3. The lowest BCUT2D eigenvalue weighted by Crippen LogP contribution is -2.46. The first-order valence-electron chi connectivity index (χ1n) is 12.3. The molecule has 0 unspecified atom stereocenters. The average Bonchev–Trinajstić information content (AvgIpc) is 3.62. The van der Waals surface area contributed by atoms with Gasteiger partial charge in [-0.2, -0.15) is 0 Å². The summed E-state index contributed by atoms with van der Waals surface area (Å²) in [5.74, 6) is -2.03. The molecule has 1 aromatic carbocycles. The number of likely N-dealkylation sites (tertiary alicyclic amines) is 1. The maximum absolute atomic E-state index is 13.9. The van der Waals surface area contributed by atoms with Gasteiger partial charge in [-0.05, 0) is 53.4 Å². The van der Waals surface area contributed by atoms with E-state index in [1.54, 1.807) is 13.8 Å². The first-order valence-corrected chi connectivity index (χ1v) is 12.3. The van der Waals surface area contributed by atoms with Crippen molar-refractivity contribution in [3.05, 3.63) is 39.8 Å². The van der Waals surface area contributed by atoms with Crippen LogP contribution in [0.2, 0.25) is 0 Å². The Kier molecular flexibility index (Phi) is 5.50. The number of phenolic OH excluding ortho intramolecular Hbond substituents is 2. The Morgan fingerprint density at radius 2 is 1.72 bits per heavy atom. The fourth-order valence-corrected chi connectivity index (χ4v) is 5.57. The zero-order chi connectivity index (χ0) is 26.1. The lowest BCUT2D eigenvalue weighted by atomic mass is 9.70. The van der Waals surface area contributed by atoms with Crippen molar-refractivity contribution in [1.29, 1.82) is 0 Å². The Balaban J connectivity index is 1.47. The second-order valence-corrected chi connectivity index (χ2v) is 10.4. The predicted octanol–water partition coefficient (Wildman–Crippen LogP) is 2.56. The van der Waals surface area contributed by atoms with E-state index in [9.17, 15) is 29.4 Å². The molecule has 1 saturated heterocycles. The number of piperidine rings is 1. The number of ether oxygens (including phenoxy) is 1. The molecule has 0 bridgehead atoms. The number of hydrogen-bond acceptors (Lipinski definition) is 8. The van der Waals surface area contributed by atoms with Crippen molar-refractivity contribution in [3.8, 4) is 17.2 Å². The van der Waals surface area contributed by atoms with Crippen LogP contribution < -0.4 is 10.1 Å². The van der Waals surface area contributed by atoms with Gasteiger partial charge in [0.15, 0.2) is 17.3 Å². The zero-order valence-electron chi connectivity index (χ0n) is 20.9. The molecule has 1 amide bonds. The van der Waals surface area contributed by atoms with E-state index in [-0.39, 0.29) is 57.4 Å². The van der Waals surface area contributed by atoms with Crippen molar-refractivity contribution in [2.45, 2.75) is 64.8 Å². The minimum atomic E-state index is -1.53. The Labute approximate surface area is 208 Å². The van der Waals surface area contributed by atoms with Gasteiger partial charge < -0.3 is 25.2 Å². The third-order valence-corrected chi connectivity index (χ3v) is 7.91. The van der Waals surface area contributed by atoms with Gasteiger partial charge in [0.2, 0.25) is 5.91 Å². The number of benzene rings is 1. The highest BCUT2D eigenvalue weighted by Gasteiger charge is 2.56. The van der Waals surface area contributed by atoms with Gasteiger partial charge >= 0.3 is 0 Å². The van der Waals surface area contributed by atoms with Crippen LogP contribution in [0.4, 0.5) is 0 Å². The van der Waals surface area contributed by atoms with Crippen molar-refractivity contribution in [2.75, 3.05) is 13.1 Å². The van der Waals surface area contributed by atoms with E-state index in [0.29, 0.717) is 31.6 Å². The number of Topliss-reactive ketones (excluding diaryl/α,β-unsaturated/α-hetero) is 2. The van der Waals surface area contributed by atoms with Crippen LogP contribution in [0.3, 0.4) is 0 Å². The van der Waals surface area contributed by atoms with Crippen LogP contribution in [-0.4, -0.2) is 57.5 Å². The molecular formula is C27H30N2O7. The quantitative estimate of drug-likeness (QED) is 0.330. The molecular weight excluding hydrogens is 464 g/mol. The van der Waals surface area contributed by atoms with Crippen molar-refractivity contribution in [2.24, 2.45) is 5.92 Å². The van der Waals surface area contributed by atoms with Crippen LogP contribution in [0.25, 0.3) is 0 Å². The average molecular weight is 495 g/mol.